The van der Waals surface area contributed by atoms with Gasteiger partial charge in [-0.15, -0.1) is 0 Å². The molecule has 7 nitrogen and oxygen atoms in total. The molecule has 4 rings (SSSR count). The van der Waals surface area contributed by atoms with E-state index in [1.54, 1.807) is 37.4 Å². The number of anilines is 2. The van der Waals surface area contributed by atoms with Crippen LogP contribution in [0.5, 0.6) is 5.75 Å². The molecule has 0 saturated carbocycles. The number of methoxy groups -OCH3 is 1. The average Bonchev–Trinajstić information content (AvgIpc) is 3.18. The molecule has 2 aromatic rings. The molecule has 1 fully saturated rings. The molecular formula is C19H18N4O3. The number of imide groups is 1. The molecule has 0 spiro atoms. The fourth-order valence-electron chi connectivity index (χ4n) is 3.25. The van der Waals surface area contributed by atoms with Crippen molar-refractivity contribution in [3.05, 3.63) is 53.6 Å². The van der Waals surface area contributed by atoms with Crippen molar-refractivity contribution in [3.63, 3.8) is 0 Å². The molecule has 26 heavy (non-hydrogen) atoms. The van der Waals surface area contributed by atoms with Gasteiger partial charge in [0.1, 0.15) is 5.75 Å². The normalized spacial score (nSPS) is 21.5. The summed E-state index contributed by atoms with van der Waals surface area (Å²) in [5.74, 6) is -0.0302. The summed E-state index contributed by atoms with van der Waals surface area (Å²) in [6.07, 6.45) is 0. The van der Waals surface area contributed by atoms with Gasteiger partial charge in [-0.3, -0.25) is 9.59 Å². The number of carbonyl (C=O) groups excluding carboxylic acids is 2. The average molecular weight is 350 g/mol. The van der Waals surface area contributed by atoms with Gasteiger partial charge in [-0.2, -0.15) is 5.11 Å². The van der Waals surface area contributed by atoms with Crippen LogP contribution in [0.25, 0.3) is 0 Å². The summed E-state index contributed by atoms with van der Waals surface area (Å²) in [4.78, 5) is 27.1. The molecule has 2 aliphatic heterocycles. The van der Waals surface area contributed by atoms with E-state index in [0.717, 1.165) is 11.1 Å². The van der Waals surface area contributed by atoms with Crippen LogP contribution in [0, 0.1) is 13.8 Å². The Morgan fingerprint density at radius 2 is 1.77 bits per heavy atom. The molecule has 0 aromatic heterocycles. The Morgan fingerprint density at radius 1 is 0.962 bits per heavy atom. The van der Waals surface area contributed by atoms with E-state index in [2.05, 4.69) is 10.3 Å². The van der Waals surface area contributed by atoms with Gasteiger partial charge in [0.2, 0.25) is 0 Å². The van der Waals surface area contributed by atoms with Crippen molar-refractivity contribution in [2.75, 3.05) is 17.0 Å². The third kappa shape index (κ3) is 2.35. The zero-order valence-corrected chi connectivity index (χ0v) is 14.7. The van der Waals surface area contributed by atoms with Crippen LogP contribution in [0.15, 0.2) is 52.8 Å². The van der Waals surface area contributed by atoms with Crippen molar-refractivity contribution >= 4 is 23.2 Å². The van der Waals surface area contributed by atoms with Gasteiger partial charge in [-0.1, -0.05) is 17.4 Å². The van der Waals surface area contributed by atoms with E-state index in [0.29, 0.717) is 17.1 Å². The molecule has 0 unspecified atom stereocenters. The third-order valence-electron chi connectivity index (χ3n) is 4.85. The monoisotopic (exact) mass is 350 g/mol. The number of hydrogen-bond donors (Lipinski definition) is 0. The van der Waals surface area contributed by atoms with Gasteiger partial charge in [0.05, 0.1) is 18.5 Å². The van der Waals surface area contributed by atoms with Crippen molar-refractivity contribution < 1.29 is 14.3 Å². The van der Waals surface area contributed by atoms with Gasteiger partial charge in [-0.05, 0) is 49.2 Å². The number of carbonyl (C=O) groups is 2. The number of amides is 2. The smallest absolute Gasteiger partial charge is 0.263 e. The first-order valence-electron chi connectivity index (χ1n) is 8.30. The Labute approximate surface area is 150 Å². The minimum Gasteiger partial charge on any atom is -0.497 e. The van der Waals surface area contributed by atoms with E-state index in [1.165, 1.54) is 9.91 Å². The maximum Gasteiger partial charge on any atom is 0.263 e. The van der Waals surface area contributed by atoms with Crippen LogP contribution in [-0.2, 0) is 9.59 Å². The van der Waals surface area contributed by atoms with Crippen LogP contribution in [0.2, 0.25) is 0 Å². The van der Waals surface area contributed by atoms with E-state index in [1.807, 2.05) is 26.0 Å². The molecule has 0 bridgehead atoms. The minimum absolute atomic E-state index is 0.323. The molecule has 2 atom stereocenters. The summed E-state index contributed by atoms with van der Waals surface area (Å²) >= 11 is 0. The number of nitrogens with zero attached hydrogens (tertiary/aromatic N) is 4. The van der Waals surface area contributed by atoms with Crippen LogP contribution in [0.4, 0.5) is 11.4 Å². The Kier molecular flexibility index (Phi) is 3.72. The summed E-state index contributed by atoms with van der Waals surface area (Å²) in [6.45, 7) is 3.94. The largest absolute Gasteiger partial charge is 0.497 e. The first kappa shape index (κ1) is 16.3. The summed E-state index contributed by atoms with van der Waals surface area (Å²) in [5.41, 5.74) is 3.35. The summed E-state index contributed by atoms with van der Waals surface area (Å²) in [6, 6.07) is 11.1. The van der Waals surface area contributed by atoms with Crippen LogP contribution < -0.4 is 14.6 Å². The van der Waals surface area contributed by atoms with Crippen molar-refractivity contribution in [1.29, 1.82) is 0 Å². The van der Waals surface area contributed by atoms with Crippen LogP contribution in [-0.4, -0.2) is 31.0 Å². The maximum atomic E-state index is 13.0. The molecule has 2 aliphatic rings. The first-order valence-corrected chi connectivity index (χ1v) is 8.30. The predicted molar refractivity (Wildman–Crippen MR) is 96.3 cm³/mol. The molecule has 0 aliphatic carbocycles. The second-order valence-corrected chi connectivity index (χ2v) is 6.42. The molecule has 1 saturated heterocycles. The van der Waals surface area contributed by atoms with Crippen molar-refractivity contribution in [3.8, 4) is 5.75 Å². The molecule has 132 valence electrons. The van der Waals surface area contributed by atoms with Gasteiger partial charge in [0.15, 0.2) is 12.1 Å². The SMILES string of the molecule is COc1cccc(N2N=N[C@@H]3C(=O)N(c4ccc(C)c(C)c4)C(=O)[C@H]32)c1. The fraction of sp³-hybridized carbons (Fsp3) is 0.263. The second-order valence-electron chi connectivity index (χ2n) is 6.42. The fourth-order valence-corrected chi connectivity index (χ4v) is 3.25. The van der Waals surface area contributed by atoms with Gasteiger partial charge in [0, 0.05) is 6.07 Å². The van der Waals surface area contributed by atoms with Gasteiger partial charge in [-0.25, -0.2) is 9.91 Å². The van der Waals surface area contributed by atoms with E-state index >= 15 is 0 Å². The zero-order chi connectivity index (χ0) is 18.4. The maximum absolute atomic E-state index is 13.0. The highest BCUT2D eigenvalue weighted by atomic mass is 16.5. The van der Waals surface area contributed by atoms with Crippen molar-refractivity contribution in [2.24, 2.45) is 10.3 Å². The number of ether oxygens (including phenoxy) is 1. The van der Waals surface area contributed by atoms with E-state index in [4.69, 9.17) is 4.74 Å². The summed E-state index contributed by atoms with van der Waals surface area (Å²) in [7, 11) is 1.57. The number of fused-ring (bicyclic) bond motifs is 1. The van der Waals surface area contributed by atoms with Crippen LogP contribution in [0.3, 0.4) is 0 Å². The topological polar surface area (TPSA) is 74.6 Å². The summed E-state index contributed by atoms with van der Waals surface area (Å²) in [5, 5.41) is 9.61. The van der Waals surface area contributed by atoms with Crippen LogP contribution >= 0.6 is 0 Å². The lowest BCUT2D eigenvalue weighted by Crippen LogP contribution is -2.39. The quantitative estimate of drug-likeness (QED) is 0.798. The number of aryl methyl sites for hydroxylation is 2. The highest BCUT2D eigenvalue weighted by molar-refractivity contribution is 6.26. The minimum atomic E-state index is -0.824. The van der Waals surface area contributed by atoms with Crippen LogP contribution in [0.1, 0.15) is 11.1 Å². The highest BCUT2D eigenvalue weighted by Crippen LogP contribution is 2.36. The standard InChI is InChI=1S/C19H18N4O3/c1-11-7-8-13(9-12(11)2)22-18(24)16-17(19(22)25)23(21-20-16)14-5-4-6-15(10-14)26-3/h4-10,16-17H,1-3H3/t16-,17-/m0/s1. The van der Waals surface area contributed by atoms with Crippen molar-refractivity contribution in [1.82, 2.24) is 0 Å². The molecule has 0 radical (unpaired) electrons. The number of rotatable bonds is 3. The third-order valence-corrected chi connectivity index (χ3v) is 4.85. The molecular weight excluding hydrogens is 332 g/mol. The molecule has 2 amide bonds. The van der Waals surface area contributed by atoms with E-state index in [9.17, 15) is 9.59 Å². The Balaban J connectivity index is 1.70. The number of benzene rings is 2. The van der Waals surface area contributed by atoms with Gasteiger partial charge < -0.3 is 4.74 Å². The Morgan fingerprint density at radius 3 is 2.50 bits per heavy atom. The van der Waals surface area contributed by atoms with Gasteiger partial charge in [0.25, 0.3) is 11.8 Å². The Hall–Kier alpha value is -3.22. The molecule has 2 aromatic carbocycles. The van der Waals surface area contributed by atoms with E-state index in [-0.39, 0.29) is 11.8 Å². The Bertz CT molecular complexity index is 940. The lowest BCUT2D eigenvalue weighted by Gasteiger charge is -2.21. The first-order chi connectivity index (χ1) is 12.5. The van der Waals surface area contributed by atoms with Gasteiger partial charge >= 0.3 is 0 Å². The predicted octanol–water partition coefficient (Wildman–Crippen LogP) is 2.81. The zero-order valence-electron chi connectivity index (χ0n) is 14.7. The van der Waals surface area contributed by atoms with Crippen molar-refractivity contribution in [2.45, 2.75) is 25.9 Å². The second kappa shape index (κ2) is 5.94. The molecule has 0 N–H and O–H groups in total. The lowest BCUT2D eigenvalue weighted by molar-refractivity contribution is -0.121. The highest BCUT2D eigenvalue weighted by Gasteiger charge is 2.55. The molecule has 7 heteroatoms. The van der Waals surface area contributed by atoms with E-state index < -0.39 is 12.1 Å². The molecule has 2 heterocycles. The summed E-state index contributed by atoms with van der Waals surface area (Å²) < 4.78 is 5.23. The number of hydrogen-bond acceptors (Lipinski definition) is 6. The lowest BCUT2D eigenvalue weighted by atomic mass is 10.1.